The van der Waals surface area contributed by atoms with Crippen molar-refractivity contribution in [3.8, 4) is 0 Å². The number of fused-ring (bicyclic) bond motifs is 1. The number of para-hydroxylation sites is 2. The molecular formula is C14H15N3O. The number of nitrogens with zero attached hydrogens (tertiary/aromatic N) is 2. The van der Waals surface area contributed by atoms with Gasteiger partial charge in [0.15, 0.2) is 0 Å². The first kappa shape index (κ1) is 11.0. The molecule has 0 aliphatic heterocycles. The van der Waals surface area contributed by atoms with Crippen LogP contribution in [0.4, 0.5) is 0 Å². The maximum absolute atomic E-state index is 5.71. The summed E-state index contributed by atoms with van der Waals surface area (Å²) in [7, 11) is 0. The van der Waals surface area contributed by atoms with Crippen LogP contribution in [0.1, 0.15) is 17.1 Å². The van der Waals surface area contributed by atoms with Crippen LogP contribution in [0.5, 0.6) is 0 Å². The van der Waals surface area contributed by atoms with E-state index in [2.05, 4.69) is 15.6 Å². The topological polar surface area (TPSA) is 57.0 Å². The summed E-state index contributed by atoms with van der Waals surface area (Å²) in [6, 6.07) is 10.1. The summed E-state index contributed by atoms with van der Waals surface area (Å²) in [6.07, 6.45) is 1.84. The second kappa shape index (κ2) is 4.31. The van der Waals surface area contributed by atoms with Crippen LogP contribution in [-0.4, -0.2) is 9.55 Å². The smallest absolute Gasteiger partial charge is 0.124 e. The Morgan fingerprint density at radius 1 is 1.33 bits per heavy atom. The average Bonchev–Trinajstić information content (AvgIpc) is 2.94. The van der Waals surface area contributed by atoms with Crippen LogP contribution in [0, 0.1) is 6.92 Å². The molecule has 18 heavy (non-hydrogen) atoms. The van der Waals surface area contributed by atoms with Gasteiger partial charge in [0.2, 0.25) is 0 Å². The van der Waals surface area contributed by atoms with Gasteiger partial charge in [0.25, 0.3) is 0 Å². The van der Waals surface area contributed by atoms with Gasteiger partial charge in [-0.2, -0.15) is 0 Å². The fourth-order valence-corrected chi connectivity index (χ4v) is 2.17. The van der Waals surface area contributed by atoms with Gasteiger partial charge in [-0.3, -0.25) is 0 Å². The summed E-state index contributed by atoms with van der Waals surface area (Å²) < 4.78 is 7.79. The molecule has 92 valence electrons. The number of furan rings is 1. The number of hydrogen-bond acceptors (Lipinski definition) is 3. The second-order valence-corrected chi connectivity index (χ2v) is 4.38. The third kappa shape index (κ3) is 1.80. The predicted octanol–water partition coefficient (Wildman–Crippen LogP) is 2.44. The number of benzene rings is 1. The number of aromatic nitrogens is 2. The maximum Gasteiger partial charge on any atom is 0.124 e. The van der Waals surface area contributed by atoms with Crippen LogP contribution >= 0.6 is 0 Å². The fourth-order valence-electron chi connectivity index (χ4n) is 2.17. The Kier molecular flexibility index (Phi) is 2.64. The molecule has 0 amide bonds. The van der Waals surface area contributed by atoms with E-state index in [0.29, 0.717) is 13.1 Å². The SMILES string of the molecule is Cc1cc(Cn2cnc3ccccc32)oc1CN. The van der Waals surface area contributed by atoms with Gasteiger partial charge in [-0.1, -0.05) is 12.1 Å². The zero-order chi connectivity index (χ0) is 12.5. The Bertz CT molecular complexity index is 681. The van der Waals surface area contributed by atoms with Crippen LogP contribution in [0.3, 0.4) is 0 Å². The Morgan fingerprint density at radius 3 is 2.94 bits per heavy atom. The summed E-state index contributed by atoms with van der Waals surface area (Å²) in [5.74, 6) is 1.77. The van der Waals surface area contributed by atoms with E-state index in [4.69, 9.17) is 10.2 Å². The van der Waals surface area contributed by atoms with Gasteiger partial charge in [-0.05, 0) is 30.7 Å². The van der Waals surface area contributed by atoms with Crippen molar-refractivity contribution in [3.05, 3.63) is 53.7 Å². The lowest BCUT2D eigenvalue weighted by molar-refractivity contribution is 0.455. The van der Waals surface area contributed by atoms with Crippen molar-refractivity contribution in [3.63, 3.8) is 0 Å². The van der Waals surface area contributed by atoms with Crippen molar-refractivity contribution in [2.45, 2.75) is 20.0 Å². The lowest BCUT2D eigenvalue weighted by atomic mass is 10.2. The standard InChI is InChI=1S/C14H15N3O/c1-10-6-11(18-14(10)7-15)8-17-9-16-12-4-2-3-5-13(12)17/h2-6,9H,7-8,15H2,1H3. The molecule has 2 aromatic heterocycles. The number of aryl methyl sites for hydroxylation is 1. The van der Waals surface area contributed by atoms with E-state index in [1.807, 2.05) is 37.5 Å². The Balaban J connectivity index is 1.96. The first-order valence-corrected chi connectivity index (χ1v) is 5.96. The first-order chi connectivity index (χ1) is 8.78. The highest BCUT2D eigenvalue weighted by Crippen LogP contribution is 2.18. The Morgan fingerprint density at radius 2 is 2.17 bits per heavy atom. The van der Waals surface area contributed by atoms with E-state index in [0.717, 1.165) is 28.1 Å². The molecule has 2 heterocycles. The molecule has 0 atom stereocenters. The summed E-state index contributed by atoms with van der Waals surface area (Å²) in [4.78, 5) is 4.36. The Labute approximate surface area is 105 Å². The molecule has 3 rings (SSSR count). The van der Waals surface area contributed by atoms with Crippen molar-refractivity contribution in [1.82, 2.24) is 9.55 Å². The number of hydrogen-bond donors (Lipinski definition) is 1. The molecule has 0 aliphatic carbocycles. The maximum atomic E-state index is 5.71. The molecule has 3 aromatic rings. The zero-order valence-corrected chi connectivity index (χ0v) is 10.3. The van der Waals surface area contributed by atoms with Gasteiger partial charge in [-0.25, -0.2) is 4.98 Å². The number of rotatable bonds is 3. The highest BCUT2D eigenvalue weighted by Gasteiger charge is 2.08. The van der Waals surface area contributed by atoms with Crippen molar-refractivity contribution in [1.29, 1.82) is 0 Å². The van der Waals surface area contributed by atoms with Gasteiger partial charge in [0.1, 0.15) is 11.5 Å². The number of imidazole rings is 1. The lowest BCUT2D eigenvalue weighted by Crippen LogP contribution is -1.97. The summed E-state index contributed by atoms with van der Waals surface area (Å²) in [5.41, 5.74) is 8.84. The molecule has 4 nitrogen and oxygen atoms in total. The van der Waals surface area contributed by atoms with E-state index in [-0.39, 0.29) is 0 Å². The van der Waals surface area contributed by atoms with Gasteiger partial charge in [-0.15, -0.1) is 0 Å². The van der Waals surface area contributed by atoms with Gasteiger partial charge < -0.3 is 14.7 Å². The average molecular weight is 241 g/mol. The molecule has 0 saturated carbocycles. The highest BCUT2D eigenvalue weighted by molar-refractivity contribution is 5.74. The van der Waals surface area contributed by atoms with Crippen LogP contribution in [0.2, 0.25) is 0 Å². The quantitative estimate of drug-likeness (QED) is 0.766. The number of nitrogens with two attached hydrogens (primary N) is 1. The third-order valence-electron chi connectivity index (χ3n) is 3.11. The third-order valence-corrected chi connectivity index (χ3v) is 3.11. The largest absolute Gasteiger partial charge is 0.463 e. The fraction of sp³-hybridized carbons (Fsp3) is 0.214. The van der Waals surface area contributed by atoms with Crippen molar-refractivity contribution in [2.75, 3.05) is 0 Å². The predicted molar refractivity (Wildman–Crippen MR) is 70.2 cm³/mol. The minimum atomic E-state index is 0.441. The van der Waals surface area contributed by atoms with Crippen LogP contribution in [-0.2, 0) is 13.1 Å². The van der Waals surface area contributed by atoms with Gasteiger partial charge in [0, 0.05) is 0 Å². The Hall–Kier alpha value is -2.07. The molecular weight excluding hydrogens is 226 g/mol. The normalized spacial score (nSPS) is 11.2. The van der Waals surface area contributed by atoms with E-state index >= 15 is 0 Å². The highest BCUT2D eigenvalue weighted by atomic mass is 16.3. The lowest BCUT2D eigenvalue weighted by Gasteiger charge is -2.01. The van der Waals surface area contributed by atoms with Crippen molar-refractivity contribution < 1.29 is 4.42 Å². The van der Waals surface area contributed by atoms with E-state index < -0.39 is 0 Å². The molecule has 0 bridgehead atoms. The van der Waals surface area contributed by atoms with Crippen LogP contribution < -0.4 is 5.73 Å². The van der Waals surface area contributed by atoms with Crippen molar-refractivity contribution >= 4 is 11.0 Å². The molecule has 0 saturated heterocycles. The molecule has 1 aromatic carbocycles. The van der Waals surface area contributed by atoms with E-state index in [9.17, 15) is 0 Å². The summed E-state index contributed by atoms with van der Waals surface area (Å²) >= 11 is 0. The molecule has 0 spiro atoms. The summed E-state index contributed by atoms with van der Waals surface area (Å²) in [6.45, 7) is 3.14. The molecule has 0 fully saturated rings. The van der Waals surface area contributed by atoms with Crippen LogP contribution in [0.25, 0.3) is 11.0 Å². The monoisotopic (exact) mass is 241 g/mol. The molecule has 0 aliphatic rings. The molecule has 0 unspecified atom stereocenters. The van der Waals surface area contributed by atoms with Crippen molar-refractivity contribution in [2.24, 2.45) is 5.73 Å². The molecule has 0 radical (unpaired) electrons. The van der Waals surface area contributed by atoms with Gasteiger partial charge in [0.05, 0.1) is 30.5 Å². The van der Waals surface area contributed by atoms with Gasteiger partial charge >= 0.3 is 0 Å². The molecule has 2 N–H and O–H groups in total. The van der Waals surface area contributed by atoms with E-state index in [1.165, 1.54) is 0 Å². The molecule has 4 heteroatoms. The minimum Gasteiger partial charge on any atom is -0.463 e. The summed E-state index contributed by atoms with van der Waals surface area (Å²) in [5, 5.41) is 0. The van der Waals surface area contributed by atoms with E-state index in [1.54, 1.807) is 0 Å². The zero-order valence-electron chi connectivity index (χ0n) is 10.3. The minimum absolute atomic E-state index is 0.441. The first-order valence-electron chi connectivity index (χ1n) is 5.96. The van der Waals surface area contributed by atoms with Crippen LogP contribution in [0.15, 0.2) is 41.1 Å². The second-order valence-electron chi connectivity index (χ2n) is 4.38.